The average Bonchev–Trinajstić information content (AvgIpc) is 3.47. The van der Waals surface area contributed by atoms with Crippen molar-refractivity contribution in [1.29, 1.82) is 0 Å². The van der Waals surface area contributed by atoms with Crippen molar-refractivity contribution in [1.82, 2.24) is 10.3 Å². The minimum absolute atomic E-state index is 0.0931. The average molecular weight is 389 g/mol. The molecule has 0 aliphatic heterocycles. The molecule has 1 heterocycles. The molecule has 2 aromatic carbocycles. The molecule has 0 spiro atoms. The Hall–Kier alpha value is -3.41. The third kappa shape index (κ3) is 4.71. The van der Waals surface area contributed by atoms with Crippen LogP contribution in [0.4, 0.5) is 5.69 Å². The lowest BCUT2D eigenvalue weighted by molar-refractivity contribution is -0.119. The predicted molar refractivity (Wildman–Crippen MR) is 110 cm³/mol. The first-order chi connectivity index (χ1) is 14.2. The van der Waals surface area contributed by atoms with Crippen molar-refractivity contribution in [2.75, 3.05) is 5.32 Å². The molecule has 3 aromatic rings. The van der Waals surface area contributed by atoms with Crippen molar-refractivity contribution in [2.45, 2.75) is 32.2 Å². The molecule has 6 heteroatoms. The summed E-state index contributed by atoms with van der Waals surface area (Å²) in [6, 6.07) is 14.8. The van der Waals surface area contributed by atoms with Crippen LogP contribution in [0.5, 0.6) is 0 Å². The molecule has 4 rings (SSSR count). The quantitative estimate of drug-likeness (QED) is 0.654. The van der Waals surface area contributed by atoms with Crippen molar-refractivity contribution in [3.05, 3.63) is 72.2 Å². The van der Waals surface area contributed by atoms with Gasteiger partial charge < -0.3 is 15.1 Å². The largest absolute Gasteiger partial charge is 0.444 e. The van der Waals surface area contributed by atoms with E-state index in [4.69, 9.17) is 4.42 Å². The number of hydrogen-bond acceptors (Lipinski definition) is 4. The van der Waals surface area contributed by atoms with E-state index in [-0.39, 0.29) is 17.7 Å². The summed E-state index contributed by atoms with van der Waals surface area (Å²) < 4.78 is 5.25. The monoisotopic (exact) mass is 389 g/mol. The summed E-state index contributed by atoms with van der Waals surface area (Å²) in [5, 5.41) is 5.92. The molecule has 1 fully saturated rings. The normalized spacial score (nSPS) is 13.9. The van der Waals surface area contributed by atoms with Crippen LogP contribution in [0.2, 0.25) is 0 Å². The number of anilines is 1. The van der Waals surface area contributed by atoms with Gasteiger partial charge in [0.05, 0.1) is 6.20 Å². The Labute approximate surface area is 169 Å². The maximum absolute atomic E-state index is 12.4. The van der Waals surface area contributed by atoms with Crippen LogP contribution in [0.25, 0.3) is 11.3 Å². The zero-order valence-electron chi connectivity index (χ0n) is 16.1. The molecule has 1 saturated carbocycles. The maximum atomic E-state index is 12.4. The van der Waals surface area contributed by atoms with Gasteiger partial charge in [-0.05, 0) is 42.7 Å². The number of benzene rings is 2. The number of hydrogen-bond donors (Lipinski definition) is 2. The lowest BCUT2D eigenvalue weighted by Crippen LogP contribution is -2.23. The molecule has 0 bridgehead atoms. The molecule has 0 radical (unpaired) electrons. The molecule has 0 unspecified atom stereocenters. The van der Waals surface area contributed by atoms with E-state index in [1.54, 1.807) is 18.3 Å². The zero-order chi connectivity index (χ0) is 20.1. The zero-order valence-corrected chi connectivity index (χ0v) is 16.1. The first kappa shape index (κ1) is 18.9. The molecule has 2 amide bonds. The van der Waals surface area contributed by atoms with Crippen LogP contribution < -0.4 is 10.6 Å². The summed E-state index contributed by atoms with van der Waals surface area (Å²) in [7, 11) is 0. The van der Waals surface area contributed by atoms with Gasteiger partial charge >= 0.3 is 0 Å². The Balaban J connectivity index is 1.33. The number of carbonyl (C=O) groups excluding carboxylic acids is 2. The highest BCUT2D eigenvalue weighted by atomic mass is 16.3. The number of rotatable bonds is 6. The summed E-state index contributed by atoms with van der Waals surface area (Å²) in [5.74, 6) is 0.719. The summed E-state index contributed by atoms with van der Waals surface area (Å²) in [4.78, 5) is 28.6. The summed E-state index contributed by atoms with van der Waals surface area (Å²) in [6.45, 7) is 0.385. The second-order valence-corrected chi connectivity index (χ2v) is 7.30. The Morgan fingerprint density at radius 1 is 1.07 bits per heavy atom. The standard InChI is InChI=1S/C23H23N3O3/c27-22(19-10-8-17(9-11-19)21-14-24-15-29-21)25-13-16-4-3-7-20(12-16)26-23(28)18-5-1-2-6-18/h3-4,7-12,14-15,18H,1-2,5-6,13H2,(H,25,27)(H,26,28). The smallest absolute Gasteiger partial charge is 0.251 e. The Morgan fingerprint density at radius 3 is 2.59 bits per heavy atom. The Morgan fingerprint density at radius 2 is 1.86 bits per heavy atom. The van der Waals surface area contributed by atoms with Gasteiger partial charge in [0, 0.05) is 29.3 Å². The van der Waals surface area contributed by atoms with Crippen LogP contribution in [-0.4, -0.2) is 16.8 Å². The third-order valence-electron chi connectivity index (χ3n) is 5.24. The SMILES string of the molecule is O=C(NCc1cccc(NC(=O)C2CCCC2)c1)c1ccc(-c2cnco2)cc1. The fraction of sp³-hybridized carbons (Fsp3) is 0.261. The molecule has 0 saturated heterocycles. The molecule has 1 aliphatic rings. The Bertz CT molecular complexity index is 975. The van der Waals surface area contributed by atoms with E-state index in [0.717, 1.165) is 42.5 Å². The Kier molecular flexibility index (Phi) is 5.70. The second kappa shape index (κ2) is 8.73. The number of nitrogens with one attached hydrogen (secondary N) is 2. The van der Waals surface area contributed by atoms with Crippen molar-refractivity contribution in [2.24, 2.45) is 5.92 Å². The van der Waals surface area contributed by atoms with Crippen LogP contribution in [0.1, 0.15) is 41.6 Å². The summed E-state index contributed by atoms with van der Waals surface area (Å²) in [6.07, 6.45) is 7.20. The highest BCUT2D eigenvalue weighted by molar-refractivity contribution is 5.94. The number of carbonyl (C=O) groups is 2. The first-order valence-corrected chi connectivity index (χ1v) is 9.86. The van der Waals surface area contributed by atoms with E-state index in [0.29, 0.717) is 17.9 Å². The van der Waals surface area contributed by atoms with Gasteiger partial charge in [-0.1, -0.05) is 37.1 Å². The number of amides is 2. The van der Waals surface area contributed by atoms with Gasteiger partial charge in [0.1, 0.15) is 0 Å². The van der Waals surface area contributed by atoms with Crippen molar-refractivity contribution >= 4 is 17.5 Å². The molecule has 29 heavy (non-hydrogen) atoms. The van der Waals surface area contributed by atoms with Gasteiger partial charge in [-0.3, -0.25) is 9.59 Å². The number of nitrogens with zero attached hydrogens (tertiary/aromatic N) is 1. The van der Waals surface area contributed by atoms with Gasteiger partial charge in [0.15, 0.2) is 12.2 Å². The van der Waals surface area contributed by atoms with E-state index >= 15 is 0 Å². The predicted octanol–water partition coefficient (Wildman–Crippen LogP) is 4.40. The minimum Gasteiger partial charge on any atom is -0.444 e. The molecular formula is C23H23N3O3. The number of oxazole rings is 1. The molecule has 2 N–H and O–H groups in total. The van der Waals surface area contributed by atoms with Crippen LogP contribution in [0, 0.1) is 5.92 Å². The lowest BCUT2D eigenvalue weighted by Gasteiger charge is -2.12. The van der Waals surface area contributed by atoms with E-state index in [2.05, 4.69) is 15.6 Å². The molecule has 6 nitrogen and oxygen atoms in total. The van der Waals surface area contributed by atoms with Gasteiger partial charge in [0.2, 0.25) is 5.91 Å². The minimum atomic E-state index is -0.158. The van der Waals surface area contributed by atoms with Crippen LogP contribution in [-0.2, 0) is 11.3 Å². The molecular weight excluding hydrogens is 366 g/mol. The van der Waals surface area contributed by atoms with Crippen LogP contribution in [0.3, 0.4) is 0 Å². The van der Waals surface area contributed by atoms with Crippen LogP contribution >= 0.6 is 0 Å². The molecule has 1 aromatic heterocycles. The highest BCUT2D eigenvalue weighted by Gasteiger charge is 2.22. The van der Waals surface area contributed by atoms with Gasteiger partial charge in [-0.25, -0.2) is 4.98 Å². The van der Waals surface area contributed by atoms with Crippen molar-refractivity contribution in [3.63, 3.8) is 0 Å². The third-order valence-corrected chi connectivity index (χ3v) is 5.24. The summed E-state index contributed by atoms with van der Waals surface area (Å²) in [5.41, 5.74) is 3.13. The summed E-state index contributed by atoms with van der Waals surface area (Å²) >= 11 is 0. The van der Waals surface area contributed by atoms with E-state index < -0.39 is 0 Å². The fourth-order valence-corrected chi connectivity index (χ4v) is 3.62. The van der Waals surface area contributed by atoms with Gasteiger partial charge in [-0.15, -0.1) is 0 Å². The first-order valence-electron chi connectivity index (χ1n) is 9.86. The van der Waals surface area contributed by atoms with Crippen LogP contribution in [0.15, 0.2) is 65.5 Å². The highest BCUT2D eigenvalue weighted by Crippen LogP contribution is 2.26. The van der Waals surface area contributed by atoms with Gasteiger partial charge in [0.25, 0.3) is 5.91 Å². The molecule has 1 aliphatic carbocycles. The topological polar surface area (TPSA) is 84.2 Å². The van der Waals surface area contributed by atoms with Gasteiger partial charge in [-0.2, -0.15) is 0 Å². The number of aromatic nitrogens is 1. The molecule has 148 valence electrons. The fourth-order valence-electron chi connectivity index (χ4n) is 3.62. The van der Waals surface area contributed by atoms with E-state index in [9.17, 15) is 9.59 Å². The lowest BCUT2D eigenvalue weighted by atomic mass is 10.1. The van der Waals surface area contributed by atoms with Crippen molar-refractivity contribution in [3.8, 4) is 11.3 Å². The maximum Gasteiger partial charge on any atom is 0.251 e. The van der Waals surface area contributed by atoms with Crippen molar-refractivity contribution < 1.29 is 14.0 Å². The molecule has 0 atom stereocenters. The van der Waals surface area contributed by atoms with E-state index in [1.165, 1.54) is 6.39 Å². The second-order valence-electron chi connectivity index (χ2n) is 7.30. The van der Waals surface area contributed by atoms with E-state index in [1.807, 2.05) is 36.4 Å².